The quantitative estimate of drug-likeness (QED) is 0.486. The zero-order chi connectivity index (χ0) is 10.7. The van der Waals surface area contributed by atoms with Crippen LogP contribution in [0.5, 0.6) is 0 Å². The highest BCUT2D eigenvalue weighted by Crippen LogP contribution is 2.18. The van der Waals surface area contributed by atoms with Crippen LogP contribution in [0.15, 0.2) is 30.5 Å². The van der Waals surface area contributed by atoms with Crippen LogP contribution in [0, 0.1) is 18.8 Å². The minimum absolute atomic E-state index is 0.361. The van der Waals surface area contributed by atoms with Gasteiger partial charge in [-0.25, -0.2) is 0 Å². The van der Waals surface area contributed by atoms with Crippen LogP contribution in [0.2, 0.25) is 0 Å². The fourth-order valence-electron chi connectivity index (χ4n) is 1.56. The van der Waals surface area contributed by atoms with Gasteiger partial charge in [0.05, 0.1) is 11.4 Å². The lowest BCUT2D eigenvalue weighted by Crippen LogP contribution is -1.87. The standard InChI is InChI=1S/C13H10ClN/c1-10-11(4-2-8-14)6-7-12-5-3-9-15-13(10)12/h3,5-7,9H,8H2,1H3. The molecular weight excluding hydrogens is 206 g/mol. The molecule has 0 aliphatic rings. The van der Waals surface area contributed by atoms with Crippen LogP contribution in [0.3, 0.4) is 0 Å². The summed E-state index contributed by atoms with van der Waals surface area (Å²) in [6.45, 7) is 2.04. The molecule has 74 valence electrons. The minimum Gasteiger partial charge on any atom is -0.256 e. The van der Waals surface area contributed by atoms with E-state index in [1.165, 1.54) is 0 Å². The van der Waals surface area contributed by atoms with E-state index in [4.69, 9.17) is 11.6 Å². The third-order valence-electron chi connectivity index (χ3n) is 2.32. The van der Waals surface area contributed by atoms with E-state index in [0.29, 0.717) is 5.88 Å². The molecule has 0 saturated carbocycles. The topological polar surface area (TPSA) is 12.9 Å². The largest absolute Gasteiger partial charge is 0.256 e. The van der Waals surface area contributed by atoms with Gasteiger partial charge in [-0.1, -0.05) is 24.0 Å². The molecule has 2 heteroatoms. The molecule has 0 bridgehead atoms. The Hall–Kier alpha value is -1.52. The Kier molecular flexibility index (Phi) is 2.89. The number of hydrogen-bond acceptors (Lipinski definition) is 1. The van der Waals surface area contributed by atoms with E-state index in [1.807, 2.05) is 31.2 Å². The molecule has 1 nitrogen and oxygen atoms in total. The first-order valence-corrected chi connectivity index (χ1v) is 5.25. The summed E-state index contributed by atoms with van der Waals surface area (Å²) in [5.41, 5.74) is 3.13. The van der Waals surface area contributed by atoms with Gasteiger partial charge >= 0.3 is 0 Å². The molecule has 0 spiro atoms. The van der Waals surface area contributed by atoms with Crippen molar-refractivity contribution < 1.29 is 0 Å². The van der Waals surface area contributed by atoms with Gasteiger partial charge < -0.3 is 0 Å². The number of fused-ring (bicyclic) bond motifs is 1. The predicted molar refractivity (Wildman–Crippen MR) is 64.1 cm³/mol. The van der Waals surface area contributed by atoms with Gasteiger partial charge in [0, 0.05) is 17.1 Å². The number of aryl methyl sites for hydroxylation is 1. The highest BCUT2D eigenvalue weighted by atomic mass is 35.5. The average molecular weight is 216 g/mol. The van der Waals surface area contributed by atoms with Crippen molar-refractivity contribution in [3.8, 4) is 11.8 Å². The van der Waals surface area contributed by atoms with Crippen molar-refractivity contribution in [3.05, 3.63) is 41.6 Å². The first-order valence-electron chi connectivity index (χ1n) is 4.72. The van der Waals surface area contributed by atoms with Gasteiger partial charge in [0.1, 0.15) is 0 Å². The molecule has 2 aromatic rings. The Morgan fingerprint density at radius 2 is 2.20 bits per heavy atom. The molecule has 1 aromatic heterocycles. The molecule has 0 amide bonds. The van der Waals surface area contributed by atoms with E-state index < -0.39 is 0 Å². The number of benzene rings is 1. The van der Waals surface area contributed by atoms with Crippen LogP contribution >= 0.6 is 11.6 Å². The van der Waals surface area contributed by atoms with Crippen molar-refractivity contribution >= 4 is 22.5 Å². The fourth-order valence-corrected chi connectivity index (χ4v) is 1.62. The third-order valence-corrected chi connectivity index (χ3v) is 2.45. The Morgan fingerprint density at radius 3 is 3.00 bits per heavy atom. The van der Waals surface area contributed by atoms with E-state index in [9.17, 15) is 0 Å². The van der Waals surface area contributed by atoms with Gasteiger partial charge in [0.25, 0.3) is 0 Å². The smallest absolute Gasteiger partial charge is 0.0839 e. The zero-order valence-electron chi connectivity index (χ0n) is 8.42. The summed E-state index contributed by atoms with van der Waals surface area (Å²) in [6.07, 6.45) is 1.80. The van der Waals surface area contributed by atoms with E-state index in [1.54, 1.807) is 6.20 Å². The number of hydrogen-bond donors (Lipinski definition) is 0. The number of pyridine rings is 1. The molecule has 15 heavy (non-hydrogen) atoms. The van der Waals surface area contributed by atoms with Crippen molar-refractivity contribution in [2.75, 3.05) is 5.88 Å². The molecule has 1 heterocycles. The minimum atomic E-state index is 0.361. The van der Waals surface area contributed by atoms with E-state index in [-0.39, 0.29) is 0 Å². The van der Waals surface area contributed by atoms with Crippen LogP contribution < -0.4 is 0 Å². The monoisotopic (exact) mass is 215 g/mol. The number of rotatable bonds is 0. The van der Waals surface area contributed by atoms with Gasteiger partial charge in [-0.05, 0) is 24.6 Å². The van der Waals surface area contributed by atoms with Crippen LogP contribution in [0.25, 0.3) is 10.9 Å². The maximum atomic E-state index is 5.53. The highest BCUT2D eigenvalue weighted by Gasteiger charge is 2.01. The summed E-state index contributed by atoms with van der Waals surface area (Å²) in [5.74, 6) is 6.25. The lowest BCUT2D eigenvalue weighted by Gasteiger charge is -2.02. The third kappa shape index (κ3) is 1.95. The molecule has 0 unspecified atom stereocenters. The molecule has 0 aliphatic heterocycles. The number of nitrogens with zero attached hydrogens (tertiary/aromatic N) is 1. The summed E-state index contributed by atoms with van der Waals surface area (Å²) in [4.78, 5) is 4.35. The molecule has 0 saturated heterocycles. The number of alkyl halides is 1. The molecule has 0 aliphatic carbocycles. The van der Waals surface area contributed by atoms with Crippen molar-refractivity contribution in [1.82, 2.24) is 4.98 Å². The molecule has 0 radical (unpaired) electrons. The van der Waals surface area contributed by atoms with Gasteiger partial charge in [0.2, 0.25) is 0 Å². The maximum absolute atomic E-state index is 5.53. The van der Waals surface area contributed by atoms with Gasteiger partial charge in [-0.2, -0.15) is 0 Å². The summed E-state index contributed by atoms with van der Waals surface area (Å²) in [5, 5.41) is 1.14. The molecule has 0 N–H and O–H groups in total. The SMILES string of the molecule is Cc1c(C#CCCl)ccc2cccnc12. The Bertz CT molecular complexity index is 549. The lowest BCUT2D eigenvalue weighted by molar-refractivity contribution is 1.35. The van der Waals surface area contributed by atoms with Gasteiger partial charge in [0.15, 0.2) is 0 Å². The van der Waals surface area contributed by atoms with Crippen LogP contribution in [0.4, 0.5) is 0 Å². The number of halogens is 1. The van der Waals surface area contributed by atoms with E-state index >= 15 is 0 Å². The first kappa shape index (κ1) is 10.0. The highest BCUT2D eigenvalue weighted by molar-refractivity contribution is 6.19. The fraction of sp³-hybridized carbons (Fsp3) is 0.154. The van der Waals surface area contributed by atoms with Crippen molar-refractivity contribution in [2.24, 2.45) is 0 Å². The summed E-state index contributed by atoms with van der Waals surface area (Å²) in [7, 11) is 0. The molecule has 1 aromatic carbocycles. The lowest BCUT2D eigenvalue weighted by atomic mass is 10.0. The summed E-state index contributed by atoms with van der Waals surface area (Å²) in [6, 6.07) is 8.03. The summed E-state index contributed by atoms with van der Waals surface area (Å²) < 4.78 is 0. The van der Waals surface area contributed by atoms with Crippen LogP contribution in [-0.2, 0) is 0 Å². The van der Waals surface area contributed by atoms with E-state index in [2.05, 4.69) is 16.8 Å². The maximum Gasteiger partial charge on any atom is 0.0839 e. The second-order valence-electron chi connectivity index (χ2n) is 3.25. The molecule has 0 fully saturated rings. The normalized spacial score (nSPS) is 9.73. The summed E-state index contributed by atoms with van der Waals surface area (Å²) >= 11 is 5.53. The second-order valence-corrected chi connectivity index (χ2v) is 3.52. The first-order chi connectivity index (χ1) is 7.33. The van der Waals surface area contributed by atoms with Gasteiger partial charge in [-0.15, -0.1) is 11.6 Å². The van der Waals surface area contributed by atoms with Crippen molar-refractivity contribution in [1.29, 1.82) is 0 Å². The van der Waals surface area contributed by atoms with Gasteiger partial charge in [-0.3, -0.25) is 4.98 Å². The Labute approximate surface area is 94.1 Å². The molecular formula is C13H10ClN. The zero-order valence-corrected chi connectivity index (χ0v) is 9.17. The van der Waals surface area contributed by atoms with Crippen LogP contribution in [-0.4, -0.2) is 10.9 Å². The Balaban J connectivity index is 2.65. The Morgan fingerprint density at radius 1 is 1.33 bits per heavy atom. The van der Waals surface area contributed by atoms with E-state index in [0.717, 1.165) is 22.0 Å². The van der Waals surface area contributed by atoms with Crippen molar-refractivity contribution in [3.63, 3.8) is 0 Å². The average Bonchev–Trinajstić information content (AvgIpc) is 2.29. The number of aromatic nitrogens is 1. The molecule has 2 rings (SSSR count). The molecule has 0 atom stereocenters. The van der Waals surface area contributed by atoms with Crippen molar-refractivity contribution in [2.45, 2.75) is 6.92 Å². The predicted octanol–water partition coefficient (Wildman–Crippen LogP) is 3.13. The second kappa shape index (κ2) is 4.33. The van der Waals surface area contributed by atoms with Crippen LogP contribution in [0.1, 0.15) is 11.1 Å².